The van der Waals surface area contributed by atoms with Crippen molar-refractivity contribution in [3.8, 4) is 5.75 Å². The highest BCUT2D eigenvalue weighted by molar-refractivity contribution is 8.02. The fourth-order valence-electron chi connectivity index (χ4n) is 4.18. The van der Waals surface area contributed by atoms with Gasteiger partial charge >= 0.3 is 18.2 Å². The summed E-state index contributed by atoms with van der Waals surface area (Å²) in [6.45, 7) is 12.8. The number of hydrogen-bond acceptors (Lipinski definition) is 10. The summed E-state index contributed by atoms with van der Waals surface area (Å²) in [5.74, 6) is -0.871. The molecule has 4 atom stereocenters. The van der Waals surface area contributed by atoms with Crippen LogP contribution >= 0.6 is 11.8 Å². The Kier molecular flexibility index (Phi) is 11.1. The number of amides is 2. The number of esters is 1. The molecule has 11 nitrogen and oxygen atoms in total. The standard InChI is InChI=1S/C28H34N2O9S/c1-5-14-35-25(32)28(17-30-23(31)22(24(30)40-28)19(4)39-27(34)37-16-7-3)18-38-21-10-8-20(9-11-21)12-13-29-26(33)36-15-6-2/h5-11,19,22,24H,1-3,12-18H2,4H3,(H,29,33)/t19-,22+,24-,28?/m1/s1. The van der Waals surface area contributed by atoms with Crippen molar-refractivity contribution in [2.45, 2.75) is 29.6 Å². The molecule has 1 aromatic rings. The number of nitrogens with one attached hydrogen (secondary N) is 1. The van der Waals surface area contributed by atoms with Gasteiger partial charge in [0, 0.05) is 6.54 Å². The van der Waals surface area contributed by atoms with Crippen molar-refractivity contribution in [1.82, 2.24) is 10.2 Å². The molecule has 2 saturated heterocycles. The van der Waals surface area contributed by atoms with Crippen LogP contribution in [-0.4, -0.2) is 84.8 Å². The van der Waals surface area contributed by atoms with Crippen LogP contribution in [0.5, 0.6) is 5.75 Å². The van der Waals surface area contributed by atoms with Gasteiger partial charge in [-0.2, -0.15) is 0 Å². The maximum Gasteiger partial charge on any atom is 0.508 e. The van der Waals surface area contributed by atoms with E-state index in [1.165, 1.54) is 30.0 Å². The second kappa shape index (κ2) is 14.5. The van der Waals surface area contributed by atoms with Gasteiger partial charge in [-0.3, -0.25) is 9.59 Å². The third kappa shape index (κ3) is 7.59. The van der Waals surface area contributed by atoms with Gasteiger partial charge < -0.3 is 33.9 Å². The number of β-lactam (4-membered cyclic amide) rings is 1. The summed E-state index contributed by atoms with van der Waals surface area (Å²) in [5, 5.41) is 2.25. The first kappa shape index (κ1) is 30.6. The Morgan fingerprint density at radius 1 is 1.07 bits per heavy atom. The predicted octanol–water partition coefficient (Wildman–Crippen LogP) is 3.25. The number of carbonyl (C=O) groups excluding carboxylic acids is 4. The number of thioether (sulfide) groups is 1. The second-order valence-corrected chi connectivity index (χ2v) is 10.6. The lowest BCUT2D eigenvalue weighted by atomic mass is 9.92. The summed E-state index contributed by atoms with van der Waals surface area (Å²) in [7, 11) is 0. The Labute approximate surface area is 237 Å². The zero-order chi connectivity index (χ0) is 29.1. The molecule has 1 unspecified atom stereocenters. The van der Waals surface area contributed by atoms with Gasteiger partial charge in [0.15, 0.2) is 4.75 Å². The second-order valence-electron chi connectivity index (χ2n) is 9.05. The van der Waals surface area contributed by atoms with E-state index in [0.29, 0.717) is 18.7 Å². The number of alkyl carbamates (subject to hydrolysis) is 1. The minimum Gasteiger partial charge on any atom is -0.491 e. The molecular formula is C28H34N2O9S. The maximum absolute atomic E-state index is 13.2. The Morgan fingerprint density at radius 2 is 1.73 bits per heavy atom. The van der Waals surface area contributed by atoms with Crippen LogP contribution < -0.4 is 10.1 Å². The molecule has 0 bridgehead atoms. The lowest BCUT2D eigenvalue weighted by Gasteiger charge is -2.43. The molecule has 1 N–H and O–H groups in total. The normalized spacial score (nSPS) is 21.6. The molecule has 0 radical (unpaired) electrons. The van der Waals surface area contributed by atoms with E-state index >= 15 is 0 Å². The number of fused-ring (bicyclic) bond motifs is 1. The smallest absolute Gasteiger partial charge is 0.491 e. The summed E-state index contributed by atoms with van der Waals surface area (Å²) < 4.78 is 25.2. The van der Waals surface area contributed by atoms with E-state index in [-0.39, 0.29) is 38.9 Å². The molecule has 2 aliphatic rings. The number of nitrogens with zero attached hydrogens (tertiary/aromatic N) is 1. The third-order valence-corrected chi connectivity index (χ3v) is 7.83. The SMILES string of the molecule is C=CCOC(=O)NCCc1ccc(OCC2(C(=O)OCC=C)CN3C(=O)[C@H]([C@@H](C)OC(=O)OCC=C)[C@H]3S2)cc1. The van der Waals surface area contributed by atoms with Gasteiger partial charge in [0.05, 0.1) is 11.9 Å². The average Bonchev–Trinajstić information content (AvgIpc) is 3.28. The quantitative estimate of drug-likeness (QED) is 0.144. The fraction of sp³-hybridized carbons (Fsp3) is 0.429. The highest BCUT2D eigenvalue weighted by Gasteiger charge is 2.64. The van der Waals surface area contributed by atoms with Crippen LogP contribution in [-0.2, 0) is 35.0 Å². The largest absolute Gasteiger partial charge is 0.508 e. The van der Waals surface area contributed by atoms with E-state index in [1.807, 2.05) is 12.1 Å². The zero-order valence-electron chi connectivity index (χ0n) is 22.4. The number of hydrogen-bond donors (Lipinski definition) is 1. The monoisotopic (exact) mass is 574 g/mol. The van der Waals surface area contributed by atoms with Crippen molar-refractivity contribution in [3.63, 3.8) is 0 Å². The van der Waals surface area contributed by atoms with Gasteiger partial charge in [-0.25, -0.2) is 9.59 Å². The van der Waals surface area contributed by atoms with Crippen molar-refractivity contribution >= 4 is 35.9 Å². The summed E-state index contributed by atoms with van der Waals surface area (Å²) >= 11 is 1.26. The number of benzene rings is 1. The molecule has 1 aromatic carbocycles. The summed E-state index contributed by atoms with van der Waals surface area (Å²) in [6.07, 6.45) is 2.78. The van der Waals surface area contributed by atoms with Gasteiger partial charge in [0.1, 0.15) is 44.2 Å². The van der Waals surface area contributed by atoms with Crippen molar-refractivity contribution in [2.75, 3.05) is 39.5 Å². The first-order chi connectivity index (χ1) is 19.2. The van der Waals surface area contributed by atoms with Gasteiger partial charge in [-0.15, -0.1) is 11.8 Å². The molecule has 2 amide bonds. The van der Waals surface area contributed by atoms with E-state index in [0.717, 1.165) is 5.56 Å². The lowest BCUT2D eigenvalue weighted by molar-refractivity contribution is -0.158. The van der Waals surface area contributed by atoms with Crippen LogP contribution in [0.2, 0.25) is 0 Å². The fourth-order valence-corrected chi connectivity index (χ4v) is 5.93. The zero-order valence-corrected chi connectivity index (χ0v) is 23.2. The summed E-state index contributed by atoms with van der Waals surface area (Å²) in [6, 6.07) is 7.24. The van der Waals surface area contributed by atoms with Gasteiger partial charge in [-0.1, -0.05) is 50.1 Å². The molecule has 0 saturated carbocycles. The molecule has 2 aliphatic heterocycles. The third-order valence-electron chi connectivity index (χ3n) is 6.18. The molecule has 216 valence electrons. The van der Waals surface area contributed by atoms with Crippen LogP contribution in [0.25, 0.3) is 0 Å². The Balaban J connectivity index is 1.61. The van der Waals surface area contributed by atoms with E-state index in [4.69, 9.17) is 23.7 Å². The van der Waals surface area contributed by atoms with E-state index in [1.54, 1.807) is 24.0 Å². The van der Waals surface area contributed by atoms with E-state index in [2.05, 4.69) is 25.1 Å². The minimum absolute atomic E-state index is 0.00727. The number of rotatable bonds is 15. The van der Waals surface area contributed by atoms with E-state index < -0.39 is 40.4 Å². The number of carbonyl (C=O) groups is 4. The van der Waals surface area contributed by atoms with E-state index in [9.17, 15) is 19.2 Å². The Bertz CT molecular complexity index is 1110. The van der Waals surface area contributed by atoms with Crippen LogP contribution in [0.4, 0.5) is 9.59 Å². The molecule has 12 heteroatoms. The maximum atomic E-state index is 13.2. The molecule has 2 heterocycles. The Morgan fingerprint density at radius 3 is 2.40 bits per heavy atom. The highest BCUT2D eigenvalue weighted by Crippen LogP contribution is 2.51. The number of ether oxygens (including phenoxy) is 5. The van der Waals surface area contributed by atoms with Crippen LogP contribution in [0.3, 0.4) is 0 Å². The molecule has 0 spiro atoms. The van der Waals surface area contributed by atoms with Crippen molar-refractivity contribution in [3.05, 3.63) is 67.8 Å². The molecular weight excluding hydrogens is 540 g/mol. The minimum atomic E-state index is -1.18. The Hall–Kier alpha value is -3.93. The molecule has 0 aromatic heterocycles. The van der Waals surface area contributed by atoms with Crippen molar-refractivity contribution in [2.24, 2.45) is 5.92 Å². The molecule has 3 rings (SSSR count). The summed E-state index contributed by atoms with van der Waals surface area (Å²) in [4.78, 5) is 51.0. The van der Waals surface area contributed by atoms with Crippen molar-refractivity contribution < 1.29 is 42.9 Å². The highest BCUT2D eigenvalue weighted by atomic mass is 32.2. The van der Waals surface area contributed by atoms with Gasteiger partial charge in [0.2, 0.25) is 5.91 Å². The van der Waals surface area contributed by atoms with Crippen LogP contribution in [0.1, 0.15) is 12.5 Å². The van der Waals surface area contributed by atoms with Gasteiger partial charge in [0.25, 0.3) is 0 Å². The first-order valence-electron chi connectivity index (χ1n) is 12.7. The lowest BCUT2D eigenvalue weighted by Crippen LogP contribution is -2.61. The van der Waals surface area contributed by atoms with Crippen LogP contribution in [0, 0.1) is 5.92 Å². The van der Waals surface area contributed by atoms with Crippen LogP contribution in [0.15, 0.2) is 62.2 Å². The molecule has 40 heavy (non-hydrogen) atoms. The molecule has 2 fully saturated rings. The average molecular weight is 575 g/mol. The topological polar surface area (TPSA) is 130 Å². The predicted molar refractivity (Wildman–Crippen MR) is 148 cm³/mol. The van der Waals surface area contributed by atoms with Gasteiger partial charge in [-0.05, 0) is 31.0 Å². The van der Waals surface area contributed by atoms with Crippen molar-refractivity contribution in [1.29, 1.82) is 0 Å². The summed E-state index contributed by atoms with van der Waals surface area (Å²) in [5.41, 5.74) is 0.963. The molecule has 0 aliphatic carbocycles. The first-order valence-corrected chi connectivity index (χ1v) is 13.6.